The van der Waals surface area contributed by atoms with E-state index in [1.165, 1.54) is 95.5 Å². The van der Waals surface area contributed by atoms with Crippen molar-refractivity contribution < 1.29 is 14.6 Å². The number of benzene rings is 1. The molecule has 0 saturated heterocycles. The minimum Gasteiger partial charge on any atom is -0.493 e. The molecular weight excluding hydrogens is 593 g/mol. The Morgan fingerprint density at radius 2 is 1.30 bits per heavy atom. The average molecular weight is 651 g/mol. The lowest BCUT2D eigenvalue weighted by Crippen LogP contribution is -2.20. The fourth-order valence-corrected chi connectivity index (χ4v) is 6.74. The van der Waals surface area contributed by atoms with Gasteiger partial charge in [0.25, 0.3) is 0 Å². The summed E-state index contributed by atoms with van der Waals surface area (Å²) in [5, 5.41) is 10.7. The molecule has 3 aromatic rings. The molecule has 0 amide bonds. The number of hydrogen-bond donors (Lipinski definition) is 1. The standard InChI is InChI=1S/C39H58N2O4S/c1-3-5-6-7-8-9-10-11-12-13-14-15-16-17-18-19-20-21-37(42)41-38(43)36(46-39(41)44)30-33-23-26-35(27-24-33)45-29-28-34-25-22-32(4-2)31-40-34/h22-27,31,43H,3-21,28-30H2,1-2H3. The maximum absolute atomic E-state index is 12.8. The van der Waals surface area contributed by atoms with Crippen molar-refractivity contribution in [3.63, 3.8) is 0 Å². The van der Waals surface area contributed by atoms with Crippen molar-refractivity contribution in [2.45, 2.75) is 149 Å². The fourth-order valence-electron chi connectivity index (χ4n) is 5.83. The maximum Gasteiger partial charge on any atom is 0.317 e. The molecule has 0 aliphatic heterocycles. The van der Waals surface area contributed by atoms with E-state index in [1.54, 1.807) is 0 Å². The molecule has 0 unspecified atom stereocenters. The Labute approximate surface area is 281 Å². The summed E-state index contributed by atoms with van der Waals surface area (Å²) in [5.41, 5.74) is 3.17. The maximum atomic E-state index is 12.8. The number of carbonyl (C=O) groups excluding carboxylic acids is 1. The van der Waals surface area contributed by atoms with Crippen LogP contribution in [0.15, 0.2) is 47.4 Å². The predicted octanol–water partition coefficient (Wildman–Crippen LogP) is 10.5. The third-order valence-corrected chi connectivity index (χ3v) is 9.74. The number of rotatable bonds is 25. The van der Waals surface area contributed by atoms with E-state index in [-0.39, 0.29) is 18.2 Å². The summed E-state index contributed by atoms with van der Waals surface area (Å²) in [6.07, 6.45) is 26.1. The molecule has 1 N–H and O–H groups in total. The van der Waals surface area contributed by atoms with Crippen LogP contribution >= 0.6 is 11.3 Å². The molecular formula is C39H58N2O4S. The van der Waals surface area contributed by atoms with Crippen LogP contribution in [-0.4, -0.2) is 27.2 Å². The van der Waals surface area contributed by atoms with Crippen LogP contribution in [-0.2, 0) is 19.3 Å². The Morgan fingerprint density at radius 3 is 1.83 bits per heavy atom. The minimum atomic E-state index is -0.412. The van der Waals surface area contributed by atoms with Crippen molar-refractivity contribution >= 4 is 17.2 Å². The highest BCUT2D eigenvalue weighted by Gasteiger charge is 2.19. The number of unbranched alkanes of at least 4 members (excludes halogenated alkanes) is 16. The van der Waals surface area contributed by atoms with Crippen LogP contribution in [0.5, 0.6) is 11.6 Å². The SMILES string of the molecule is CCCCCCCCCCCCCCCCCCCC(=O)n1c(O)c(Cc2ccc(OCCc3ccc(CC)cn3)cc2)sc1=O. The first-order valence-electron chi connectivity index (χ1n) is 18.1. The predicted molar refractivity (Wildman–Crippen MR) is 192 cm³/mol. The van der Waals surface area contributed by atoms with Gasteiger partial charge in [-0.2, -0.15) is 0 Å². The van der Waals surface area contributed by atoms with Crippen LogP contribution < -0.4 is 9.61 Å². The Morgan fingerprint density at radius 1 is 0.761 bits per heavy atom. The normalized spacial score (nSPS) is 11.3. The molecule has 6 nitrogen and oxygen atoms in total. The second-order valence-electron chi connectivity index (χ2n) is 12.7. The van der Waals surface area contributed by atoms with E-state index in [9.17, 15) is 14.7 Å². The number of aromatic nitrogens is 2. The van der Waals surface area contributed by atoms with Crippen LogP contribution in [0.2, 0.25) is 0 Å². The van der Waals surface area contributed by atoms with Crippen molar-refractivity contribution in [2.24, 2.45) is 0 Å². The highest BCUT2D eigenvalue weighted by molar-refractivity contribution is 7.09. The number of hydrogen-bond acceptors (Lipinski definition) is 6. The molecule has 2 aromatic heterocycles. The van der Waals surface area contributed by atoms with Crippen LogP contribution in [0.3, 0.4) is 0 Å². The van der Waals surface area contributed by atoms with E-state index < -0.39 is 4.87 Å². The van der Waals surface area contributed by atoms with Gasteiger partial charge in [0.15, 0.2) is 0 Å². The molecule has 1 aromatic carbocycles. The monoisotopic (exact) mass is 650 g/mol. The number of aryl methyl sites for hydroxylation is 1. The smallest absolute Gasteiger partial charge is 0.317 e. The summed E-state index contributed by atoms with van der Waals surface area (Å²) in [6, 6.07) is 11.8. The van der Waals surface area contributed by atoms with Crippen LogP contribution in [0.25, 0.3) is 0 Å². The Bertz CT molecular complexity index is 1300. The minimum absolute atomic E-state index is 0.214. The number of ether oxygens (including phenoxy) is 1. The Balaban J connectivity index is 1.25. The summed E-state index contributed by atoms with van der Waals surface area (Å²) >= 11 is 0.946. The van der Waals surface area contributed by atoms with Gasteiger partial charge in [-0.25, -0.2) is 4.57 Å². The quantitative estimate of drug-likeness (QED) is 0.0923. The first-order chi connectivity index (χ1) is 22.5. The van der Waals surface area contributed by atoms with Crippen LogP contribution in [0.1, 0.15) is 156 Å². The number of pyridine rings is 1. The number of nitrogens with zero attached hydrogens (tertiary/aromatic N) is 2. The van der Waals surface area contributed by atoms with E-state index in [0.717, 1.165) is 65.0 Å². The van der Waals surface area contributed by atoms with Gasteiger partial charge >= 0.3 is 4.87 Å². The molecule has 3 rings (SSSR count). The molecule has 0 spiro atoms. The highest BCUT2D eigenvalue weighted by Crippen LogP contribution is 2.25. The van der Waals surface area contributed by atoms with E-state index in [4.69, 9.17) is 4.74 Å². The van der Waals surface area contributed by atoms with Gasteiger partial charge in [-0.1, -0.05) is 146 Å². The zero-order chi connectivity index (χ0) is 32.8. The summed E-state index contributed by atoms with van der Waals surface area (Å²) in [7, 11) is 0. The molecule has 0 bridgehead atoms. The van der Waals surface area contributed by atoms with Gasteiger partial charge in [-0.3, -0.25) is 14.6 Å². The summed E-state index contributed by atoms with van der Waals surface area (Å²) in [5.74, 6) is 0.232. The van der Waals surface area contributed by atoms with Gasteiger partial charge in [-0.15, -0.1) is 0 Å². The molecule has 254 valence electrons. The molecule has 7 heteroatoms. The first kappa shape index (κ1) is 37.5. The summed E-state index contributed by atoms with van der Waals surface area (Å²) in [6.45, 7) is 4.92. The van der Waals surface area contributed by atoms with Crippen molar-refractivity contribution in [1.29, 1.82) is 0 Å². The van der Waals surface area contributed by atoms with E-state index in [1.807, 2.05) is 36.5 Å². The molecule has 0 atom stereocenters. The molecule has 0 aliphatic carbocycles. The number of thiazole rings is 1. The molecule has 0 radical (unpaired) electrons. The van der Waals surface area contributed by atoms with E-state index in [2.05, 4.69) is 24.9 Å². The van der Waals surface area contributed by atoms with E-state index >= 15 is 0 Å². The lowest BCUT2D eigenvalue weighted by atomic mass is 10.0. The van der Waals surface area contributed by atoms with Gasteiger partial charge in [0, 0.05) is 31.2 Å². The second-order valence-corrected chi connectivity index (χ2v) is 13.7. The first-order valence-corrected chi connectivity index (χ1v) is 19.0. The van der Waals surface area contributed by atoms with Gasteiger partial charge in [0.2, 0.25) is 11.8 Å². The van der Waals surface area contributed by atoms with Crippen molar-refractivity contribution in [2.75, 3.05) is 6.61 Å². The molecule has 0 aliphatic rings. The van der Waals surface area contributed by atoms with Gasteiger partial charge in [0.05, 0.1) is 11.5 Å². The number of carbonyl (C=O) groups is 1. The lowest BCUT2D eigenvalue weighted by Gasteiger charge is -2.08. The molecule has 2 heterocycles. The van der Waals surface area contributed by atoms with Crippen molar-refractivity contribution in [1.82, 2.24) is 9.55 Å². The summed E-state index contributed by atoms with van der Waals surface area (Å²) in [4.78, 5) is 29.9. The average Bonchev–Trinajstić information content (AvgIpc) is 3.35. The second kappa shape index (κ2) is 22.6. The van der Waals surface area contributed by atoms with Gasteiger partial charge in [0.1, 0.15) is 5.75 Å². The zero-order valence-corrected chi connectivity index (χ0v) is 29.4. The third-order valence-electron chi connectivity index (χ3n) is 8.81. The Kier molecular flexibility index (Phi) is 18.4. The fraction of sp³-hybridized carbons (Fsp3) is 0.615. The lowest BCUT2D eigenvalue weighted by molar-refractivity contribution is 0.0886. The zero-order valence-electron chi connectivity index (χ0n) is 28.6. The molecule has 46 heavy (non-hydrogen) atoms. The third kappa shape index (κ3) is 14.2. The highest BCUT2D eigenvalue weighted by atomic mass is 32.1. The van der Waals surface area contributed by atoms with Gasteiger partial charge in [-0.05, 0) is 42.2 Å². The van der Waals surface area contributed by atoms with Crippen LogP contribution in [0.4, 0.5) is 0 Å². The molecule has 0 fully saturated rings. The Hall–Kier alpha value is -2.93. The van der Waals surface area contributed by atoms with Crippen molar-refractivity contribution in [3.8, 4) is 11.6 Å². The molecule has 0 saturated carbocycles. The van der Waals surface area contributed by atoms with Crippen LogP contribution in [0, 0.1) is 0 Å². The summed E-state index contributed by atoms with van der Waals surface area (Å²) < 4.78 is 6.84. The number of aromatic hydroxyl groups is 1. The van der Waals surface area contributed by atoms with Gasteiger partial charge < -0.3 is 9.84 Å². The van der Waals surface area contributed by atoms with Crippen molar-refractivity contribution in [3.05, 3.63) is 74.0 Å². The largest absolute Gasteiger partial charge is 0.493 e. The topological polar surface area (TPSA) is 81.4 Å². The van der Waals surface area contributed by atoms with E-state index in [0.29, 0.717) is 17.9 Å².